The molecule has 0 spiro atoms. The second-order valence-corrected chi connectivity index (χ2v) is 5.57. The lowest BCUT2D eigenvalue weighted by atomic mass is 10.2. The first-order chi connectivity index (χ1) is 10.9. The van der Waals surface area contributed by atoms with Crippen LogP contribution < -0.4 is 11.1 Å². The summed E-state index contributed by atoms with van der Waals surface area (Å²) in [6, 6.07) is 5.40. The Hall–Kier alpha value is -2.90. The number of hydrogen-bond acceptors (Lipinski definition) is 6. The van der Waals surface area contributed by atoms with E-state index >= 15 is 0 Å². The number of nitrogens with one attached hydrogen (secondary N) is 1. The molecule has 0 bridgehead atoms. The highest BCUT2D eigenvalue weighted by molar-refractivity contribution is 5.89. The minimum Gasteiger partial charge on any atom is -0.408 e. The fourth-order valence-electron chi connectivity index (χ4n) is 2.20. The van der Waals surface area contributed by atoms with E-state index < -0.39 is 11.7 Å². The monoisotopic (exact) mass is 316 g/mol. The van der Waals surface area contributed by atoms with Gasteiger partial charge in [0.25, 0.3) is 0 Å². The lowest BCUT2D eigenvalue weighted by Gasteiger charge is -2.03. The number of oxazole rings is 1. The van der Waals surface area contributed by atoms with Crippen LogP contribution in [0.1, 0.15) is 35.9 Å². The van der Waals surface area contributed by atoms with Crippen LogP contribution in [0.4, 0.5) is 0 Å². The van der Waals surface area contributed by atoms with Gasteiger partial charge in [-0.05, 0) is 38.5 Å². The molecule has 0 atom stereocenters. The lowest BCUT2D eigenvalue weighted by Crippen LogP contribution is -2.30. The van der Waals surface area contributed by atoms with E-state index in [2.05, 4.69) is 15.5 Å². The van der Waals surface area contributed by atoms with Crippen LogP contribution in [-0.2, 0) is 6.54 Å². The third kappa shape index (κ3) is 3.01. The van der Waals surface area contributed by atoms with Gasteiger partial charge in [0.05, 0.1) is 12.1 Å². The van der Waals surface area contributed by atoms with Crippen molar-refractivity contribution in [3.8, 4) is 0 Å². The van der Waals surface area contributed by atoms with Crippen LogP contribution in [0, 0.1) is 6.92 Å². The molecule has 8 heteroatoms. The van der Waals surface area contributed by atoms with Gasteiger partial charge in [-0.25, -0.2) is 4.79 Å². The molecule has 0 saturated heterocycles. The van der Waals surface area contributed by atoms with E-state index in [-0.39, 0.29) is 24.3 Å². The number of carbonyl (C=O) groups excluding carboxylic acids is 1. The normalized spacial score (nSPS) is 11.3. The predicted octanol–water partition coefficient (Wildman–Crippen LogP) is 1.47. The van der Waals surface area contributed by atoms with Crippen molar-refractivity contribution in [1.29, 1.82) is 0 Å². The Morgan fingerprint density at radius 3 is 2.91 bits per heavy atom. The molecule has 0 fully saturated rings. The van der Waals surface area contributed by atoms with E-state index in [9.17, 15) is 9.59 Å². The van der Waals surface area contributed by atoms with Crippen molar-refractivity contribution in [3.05, 3.63) is 46.0 Å². The van der Waals surface area contributed by atoms with Crippen molar-refractivity contribution in [2.45, 2.75) is 33.4 Å². The van der Waals surface area contributed by atoms with Crippen molar-refractivity contribution < 1.29 is 13.7 Å². The molecule has 0 unspecified atom stereocenters. The SMILES string of the molecule is Cc1ccc2oc(=O)n(Cc3noc(C(=O)NC(C)C)n3)c2c1. The van der Waals surface area contributed by atoms with Crippen LogP contribution in [0.15, 0.2) is 31.9 Å². The molecule has 1 N–H and O–H groups in total. The maximum Gasteiger partial charge on any atom is 0.420 e. The summed E-state index contributed by atoms with van der Waals surface area (Å²) in [5, 5.41) is 6.40. The highest BCUT2D eigenvalue weighted by atomic mass is 16.5. The number of hydrogen-bond donors (Lipinski definition) is 1. The van der Waals surface area contributed by atoms with E-state index in [0.717, 1.165) is 5.56 Å². The zero-order valence-corrected chi connectivity index (χ0v) is 13.0. The Morgan fingerprint density at radius 1 is 1.39 bits per heavy atom. The summed E-state index contributed by atoms with van der Waals surface area (Å²) in [7, 11) is 0. The minimum atomic E-state index is -0.511. The number of nitrogens with zero attached hydrogens (tertiary/aromatic N) is 3. The maximum atomic E-state index is 12.0. The van der Waals surface area contributed by atoms with Gasteiger partial charge in [-0.3, -0.25) is 9.36 Å². The summed E-state index contributed by atoms with van der Waals surface area (Å²) >= 11 is 0. The zero-order chi connectivity index (χ0) is 16.6. The smallest absolute Gasteiger partial charge is 0.408 e. The van der Waals surface area contributed by atoms with Gasteiger partial charge >= 0.3 is 17.6 Å². The molecule has 3 aromatic rings. The first-order valence-electron chi connectivity index (χ1n) is 7.17. The summed E-state index contributed by atoms with van der Waals surface area (Å²) in [5.41, 5.74) is 2.13. The lowest BCUT2D eigenvalue weighted by molar-refractivity contribution is 0.0899. The highest BCUT2D eigenvalue weighted by Gasteiger charge is 2.18. The van der Waals surface area contributed by atoms with Gasteiger partial charge in [-0.2, -0.15) is 4.98 Å². The number of fused-ring (bicyclic) bond motifs is 1. The van der Waals surface area contributed by atoms with Gasteiger partial charge < -0.3 is 14.3 Å². The molecule has 1 amide bonds. The van der Waals surface area contributed by atoms with Crippen molar-refractivity contribution in [3.63, 3.8) is 0 Å². The molecule has 0 aliphatic rings. The quantitative estimate of drug-likeness (QED) is 0.782. The second-order valence-electron chi connectivity index (χ2n) is 5.57. The van der Waals surface area contributed by atoms with E-state index in [1.54, 1.807) is 6.07 Å². The molecule has 120 valence electrons. The zero-order valence-electron chi connectivity index (χ0n) is 13.0. The van der Waals surface area contributed by atoms with Gasteiger partial charge in [0.1, 0.15) is 0 Å². The average Bonchev–Trinajstić information content (AvgIpc) is 3.05. The Morgan fingerprint density at radius 2 is 2.17 bits per heavy atom. The molecular weight excluding hydrogens is 300 g/mol. The number of benzene rings is 1. The summed E-state index contributed by atoms with van der Waals surface area (Å²) in [6.45, 7) is 5.64. The summed E-state index contributed by atoms with van der Waals surface area (Å²) in [5.74, 6) is -0.862. The minimum absolute atomic E-state index is 0.0405. The first kappa shape index (κ1) is 15.0. The van der Waals surface area contributed by atoms with Crippen LogP contribution in [0.3, 0.4) is 0 Å². The molecular formula is C15H16N4O4. The van der Waals surface area contributed by atoms with E-state index in [1.165, 1.54) is 4.57 Å². The van der Waals surface area contributed by atoms with Gasteiger partial charge in [-0.1, -0.05) is 11.2 Å². The van der Waals surface area contributed by atoms with Gasteiger partial charge in [-0.15, -0.1) is 0 Å². The number of aryl methyl sites for hydroxylation is 1. The number of amides is 1. The third-order valence-corrected chi connectivity index (χ3v) is 3.20. The maximum absolute atomic E-state index is 12.0. The van der Waals surface area contributed by atoms with E-state index in [1.807, 2.05) is 32.9 Å². The van der Waals surface area contributed by atoms with Crippen molar-refractivity contribution in [2.75, 3.05) is 0 Å². The predicted molar refractivity (Wildman–Crippen MR) is 81.2 cm³/mol. The van der Waals surface area contributed by atoms with E-state index in [4.69, 9.17) is 8.94 Å². The summed E-state index contributed by atoms with van der Waals surface area (Å²) in [4.78, 5) is 27.8. The van der Waals surface area contributed by atoms with Crippen LogP contribution in [-0.4, -0.2) is 26.7 Å². The van der Waals surface area contributed by atoms with Crippen LogP contribution >= 0.6 is 0 Å². The molecule has 0 aliphatic heterocycles. The largest absolute Gasteiger partial charge is 0.420 e. The van der Waals surface area contributed by atoms with Gasteiger partial charge in [0.2, 0.25) is 0 Å². The van der Waals surface area contributed by atoms with Gasteiger partial charge in [0, 0.05) is 6.04 Å². The molecule has 23 heavy (non-hydrogen) atoms. The highest BCUT2D eigenvalue weighted by Crippen LogP contribution is 2.15. The van der Waals surface area contributed by atoms with Crippen LogP contribution in [0.5, 0.6) is 0 Å². The second kappa shape index (κ2) is 5.71. The molecule has 3 rings (SSSR count). The Bertz CT molecular complexity index is 919. The standard InChI is InChI=1S/C15H16N4O4/c1-8(2)16-13(20)14-17-12(18-23-14)7-19-10-6-9(3)4-5-11(10)22-15(19)21/h4-6,8H,7H2,1-3H3,(H,16,20). The summed E-state index contributed by atoms with van der Waals surface area (Å²) < 4.78 is 11.5. The Labute approximate surface area is 131 Å². The average molecular weight is 316 g/mol. The Kier molecular flexibility index (Phi) is 3.73. The first-order valence-corrected chi connectivity index (χ1v) is 7.17. The van der Waals surface area contributed by atoms with Crippen molar-refractivity contribution in [2.24, 2.45) is 0 Å². The van der Waals surface area contributed by atoms with Crippen LogP contribution in [0.25, 0.3) is 11.1 Å². The summed E-state index contributed by atoms with van der Waals surface area (Å²) in [6.07, 6.45) is 0. The molecule has 0 aliphatic carbocycles. The topological polar surface area (TPSA) is 103 Å². The Balaban J connectivity index is 1.90. The van der Waals surface area contributed by atoms with Gasteiger partial charge in [0.15, 0.2) is 11.4 Å². The molecule has 2 aromatic heterocycles. The fourth-order valence-corrected chi connectivity index (χ4v) is 2.20. The molecule has 8 nitrogen and oxygen atoms in total. The number of carbonyl (C=O) groups is 1. The fraction of sp³-hybridized carbons (Fsp3) is 0.333. The third-order valence-electron chi connectivity index (χ3n) is 3.20. The molecule has 0 radical (unpaired) electrons. The van der Waals surface area contributed by atoms with Crippen LogP contribution in [0.2, 0.25) is 0 Å². The molecule has 2 heterocycles. The van der Waals surface area contributed by atoms with E-state index in [0.29, 0.717) is 11.1 Å². The number of rotatable bonds is 4. The van der Waals surface area contributed by atoms with Crippen molar-refractivity contribution >= 4 is 17.0 Å². The van der Waals surface area contributed by atoms with Crippen molar-refractivity contribution in [1.82, 2.24) is 20.0 Å². The molecule has 1 aromatic carbocycles. The molecule has 0 saturated carbocycles. The number of aromatic nitrogens is 3.